The summed E-state index contributed by atoms with van der Waals surface area (Å²) in [5, 5.41) is 19.3. The van der Waals surface area contributed by atoms with Crippen molar-refractivity contribution in [2.24, 2.45) is 12.5 Å². The third kappa shape index (κ3) is 3.95. The van der Waals surface area contributed by atoms with E-state index in [2.05, 4.69) is 15.4 Å². The van der Waals surface area contributed by atoms with Crippen LogP contribution in [0.3, 0.4) is 0 Å². The molecule has 4 aliphatic rings. The van der Waals surface area contributed by atoms with Gasteiger partial charge >= 0.3 is 5.97 Å². The van der Waals surface area contributed by atoms with Crippen LogP contribution in [0.25, 0.3) is 22.2 Å². The first kappa shape index (κ1) is 26.5. The van der Waals surface area contributed by atoms with Crippen LogP contribution >= 0.6 is 23.2 Å². The van der Waals surface area contributed by atoms with Crippen LogP contribution in [-0.2, 0) is 13.6 Å². The highest BCUT2D eigenvalue weighted by Gasteiger charge is 2.61. The first-order chi connectivity index (χ1) is 20.2. The van der Waals surface area contributed by atoms with Gasteiger partial charge in [-0.25, -0.2) is 9.18 Å². The summed E-state index contributed by atoms with van der Waals surface area (Å²) in [4.78, 5) is 14.0. The molecule has 2 bridgehead atoms. The van der Waals surface area contributed by atoms with Gasteiger partial charge in [-0.1, -0.05) is 34.4 Å². The van der Waals surface area contributed by atoms with Crippen molar-refractivity contribution >= 4 is 45.8 Å². The molecule has 42 heavy (non-hydrogen) atoms. The number of aromatic carboxylic acids is 1. The maximum atomic E-state index is 15.6. The van der Waals surface area contributed by atoms with Gasteiger partial charge in [0.1, 0.15) is 17.3 Å². The number of hydrogen-bond donors (Lipinski definition) is 2. The number of aromatic nitrogens is 2. The molecule has 0 amide bonds. The van der Waals surface area contributed by atoms with Gasteiger partial charge in [0.05, 0.1) is 26.8 Å². The van der Waals surface area contributed by atoms with E-state index in [1.807, 2.05) is 31.3 Å². The van der Waals surface area contributed by atoms with Crippen molar-refractivity contribution in [3.05, 3.63) is 69.3 Å². The maximum Gasteiger partial charge on any atom is 0.337 e. The topological polar surface area (TPSA) is 83.5 Å². The predicted octanol–water partition coefficient (Wildman–Crippen LogP) is 7.53. The van der Waals surface area contributed by atoms with E-state index in [-0.39, 0.29) is 22.8 Å². The second-order valence-corrected chi connectivity index (χ2v) is 13.5. The number of anilines is 1. The van der Waals surface area contributed by atoms with Gasteiger partial charge < -0.3 is 24.4 Å². The molecule has 2 saturated heterocycles. The molecule has 4 aromatic rings. The van der Waals surface area contributed by atoms with E-state index < -0.39 is 5.97 Å². The molecule has 10 heteroatoms. The summed E-state index contributed by atoms with van der Waals surface area (Å²) >= 11 is 13.1. The molecule has 2 unspecified atom stereocenters. The zero-order valence-corrected chi connectivity index (χ0v) is 24.7. The third-order valence-corrected chi connectivity index (χ3v) is 10.9. The zero-order chi connectivity index (χ0) is 28.9. The van der Waals surface area contributed by atoms with Crippen LogP contribution in [0.1, 0.15) is 72.5 Å². The van der Waals surface area contributed by atoms with E-state index in [1.54, 1.807) is 10.8 Å². The number of hydrogen-bond acceptors (Lipinski definition) is 5. The lowest BCUT2D eigenvalue weighted by Gasteiger charge is -2.50. The molecule has 2 aliphatic carbocycles. The molecule has 2 N–H and O–H groups in total. The molecular formula is C32H31Cl2FN4O3. The van der Waals surface area contributed by atoms with Crippen LogP contribution in [0.5, 0.6) is 0 Å². The van der Waals surface area contributed by atoms with Crippen LogP contribution in [0.4, 0.5) is 10.1 Å². The fourth-order valence-corrected chi connectivity index (χ4v) is 8.82. The second-order valence-electron chi connectivity index (χ2n) is 12.7. The molecule has 2 saturated carbocycles. The summed E-state index contributed by atoms with van der Waals surface area (Å²) in [6.07, 6.45) is 9.01. The van der Waals surface area contributed by atoms with Gasteiger partial charge in [0, 0.05) is 60.3 Å². The highest BCUT2D eigenvalue weighted by atomic mass is 35.5. The summed E-state index contributed by atoms with van der Waals surface area (Å²) in [5.41, 5.74) is 4.11. The largest absolute Gasteiger partial charge is 0.478 e. The van der Waals surface area contributed by atoms with Crippen molar-refractivity contribution in [1.82, 2.24) is 15.0 Å². The lowest BCUT2D eigenvalue weighted by atomic mass is 9.58. The quantitative estimate of drug-likeness (QED) is 0.225. The van der Waals surface area contributed by atoms with E-state index in [9.17, 15) is 9.90 Å². The summed E-state index contributed by atoms with van der Waals surface area (Å²) < 4.78 is 23.2. The minimum atomic E-state index is -1.04. The normalized spacial score (nSPS) is 26.5. The Morgan fingerprint density at radius 1 is 1.17 bits per heavy atom. The molecular weight excluding hydrogens is 578 g/mol. The SMILES string of the molecule is Cn1cc(C(=O)O)c2cc(F)c(N3C4CCC3C3(CC(NCc5c(-c6c(Cl)cccc6Cl)noc5C5CC5)C3)C4)cc21. The predicted molar refractivity (Wildman–Crippen MR) is 160 cm³/mol. The number of halogens is 3. The molecule has 8 rings (SSSR count). The maximum absolute atomic E-state index is 15.6. The summed E-state index contributed by atoms with van der Waals surface area (Å²) in [7, 11) is 1.81. The Balaban J connectivity index is 1.02. The van der Waals surface area contributed by atoms with Gasteiger partial charge in [0.15, 0.2) is 0 Å². The van der Waals surface area contributed by atoms with Gasteiger partial charge in [-0.3, -0.25) is 0 Å². The molecule has 2 aliphatic heterocycles. The number of rotatable bonds is 7. The molecule has 1 spiro atoms. The molecule has 2 aromatic heterocycles. The van der Waals surface area contributed by atoms with Crippen molar-refractivity contribution in [3.63, 3.8) is 0 Å². The number of nitrogens with zero attached hydrogens (tertiary/aromatic N) is 3. The number of carboxylic acids is 1. The lowest BCUT2D eigenvalue weighted by Crippen LogP contribution is -2.54. The number of aryl methyl sites for hydroxylation is 1. The number of nitrogens with one attached hydrogen (secondary N) is 1. The number of carbonyl (C=O) groups is 1. The third-order valence-electron chi connectivity index (χ3n) is 10.3. The Morgan fingerprint density at radius 2 is 1.93 bits per heavy atom. The van der Waals surface area contributed by atoms with Gasteiger partial charge in [-0.15, -0.1) is 0 Å². The number of fused-ring (bicyclic) bond motifs is 4. The van der Waals surface area contributed by atoms with Crippen molar-refractivity contribution in [1.29, 1.82) is 0 Å². The Hall–Kier alpha value is -3.07. The van der Waals surface area contributed by atoms with Gasteiger partial charge in [0.25, 0.3) is 0 Å². The summed E-state index contributed by atoms with van der Waals surface area (Å²) in [6, 6.07) is 9.67. The van der Waals surface area contributed by atoms with E-state index >= 15 is 4.39 Å². The van der Waals surface area contributed by atoms with Crippen molar-refractivity contribution < 1.29 is 18.8 Å². The smallest absolute Gasteiger partial charge is 0.337 e. The van der Waals surface area contributed by atoms with Crippen molar-refractivity contribution in [2.45, 2.75) is 75.5 Å². The molecule has 4 heterocycles. The fraction of sp³-hybridized carbons (Fsp3) is 0.438. The Labute approximate surface area is 252 Å². The average Bonchev–Trinajstić information content (AvgIpc) is 3.28. The van der Waals surface area contributed by atoms with Gasteiger partial charge in [-0.05, 0) is 74.6 Å². The van der Waals surface area contributed by atoms with E-state index in [4.69, 9.17) is 27.7 Å². The molecule has 2 atom stereocenters. The van der Waals surface area contributed by atoms with Crippen LogP contribution in [0, 0.1) is 11.2 Å². The van der Waals surface area contributed by atoms with Crippen LogP contribution < -0.4 is 10.2 Å². The van der Waals surface area contributed by atoms with Crippen LogP contribution in [0.2, 0.25) is 10.0 Å². The van der Waals surface area contributed by atoms with Crippen LogP contribution in [0.15, 0.2) is 41.1 Å². The minimum absolute atomic E-state index is 0.129. The first-order valence-corrected chi connectivity index (χ1v) is 15.5. The molecule has 2 aromatic carbocycles. The van der Waals surface area contributed by atoms with Gasteiger partial charge in [-0.2, -0.15) is 0 Å². The minimum Gasteiger partial charge on any atom is -0.478 e. The fourth-order valence-electron chi connectivity index (χ4n) is 8.24. The highest BCUT2D eigenvalue weighted by molar-refractivity contribution is 6.39. The average molecular weight is 610 g/mol. The highest BCUT2D eigenvalue weighted by Crippen LogP contribution is 2.61. The Morgan fingerprint density at radius 3 is 2.64 bits per heavy atom. The second kappa shape index (κ2) is 9.46. The molecule has 7 nitrogen and oxygen atoms in total. The van der Waals surface area contributed by atoms with Crippen molar-refractivity contribution in [3.8, 4) is 11.3 Å². The van der Waals surface area contributed by atoms with Crippen molar-refractivity contribution in [2.75, 3.05) is 4.90 Å². The zero-order valence-electron chi connectivity index (χ0n) is 23.2. The molecule has 218 valence electrons. The van der Waals surface area contributed by atoms with Crippen LogP contribution in [-0.4, -0.2) is 38.9 Å². The summed E-state index contributed by atoms with van der Waals surface area (Å²) in [5.74, 6) is -0.0473. The number of benzene rings is 2. The Kier molecular flexibility index (Phi) is 5.98. The first-order valence-electron chi connectivity index (χ1n) is 14.7. The summed E-state index contributed by atoms with van der Waals surface area (Å²) in [6.45, 7) is 0.634. The standard InChI is InChI=1S/C32H31Cl2FN4O3/c1-38-15-21(31(40)41)19-9-24(35)26(10-25(19)38)39-18-7-8-27(39)32(13-18)11-17(12-32)36-14-20-29(37-42-30(20)16-5-6-16)28-22(33)3-2-4-23(28)34/h2-4,9-10,15-18,27,36H,5-8,11-14H2,1H3,(H,40,41). The number of carboxylic acid groups (broad SMARTS) is 1. The van der Waals surface area contributed by atoms with E-state index in [0.717, 1.165) is 73.0 Å². The van der Waals surface area contributed by atoms with Gasteiger partial charge in [0.2, 0.25) is 0 Å². The Bertz CT molecular complexity index is 1740. The lowest BCUT2D eigenvalue weighted by molar-refractivity contribution is 0.0544. The molecule has 0 radical (unpaired) electrons. The van der Waals surface area contributed by atoms with E-state index in [0.29, 0.717) is 45.7 Å². The van der Waals surface area contributed by atoms with E-state index in [1.165, 1.54) is 6.07 Å². The monoisotopic (exact) mass is 608 g/mol. The molecule has 4 fully saturated rings.